The summed E-state index contributed by atoms with van der Waals surface area (Å²) in [6.07, 6.45) is 1.67. The van der Waals surface area contributed by atoms with E-state index in [9.17, 15) is 14.9 Å². The van der Waals surface area contributed by atoms with Gasteiger partial charge in [-0.1, -0.05) is 58.4 Å². The number of carbonyl (C=O) groups excluding carboxylic acids is 2. The van der Waals surface area contributed by atoms with Crippen LogP contribution in [0.25, 0.3) is 0 Å². The molecule has 1 amide bonds. The summed E-state index contributed by atoms with van der Waals surface area (Å²) in [5.41, 5.74) is 9.54. The van der Waals surface area contributed by atoms with Crippen LogP contribution >= 0.6 is 46.3 Å². The lowest BCUT2D eigenvalue weighted by Gasteiger charge is -2.38. The number of aromatic nitrogens is 2. The van der Waals surface area contributed by atoms with Crippen LogP contribution < -0.4 is 16.0 Å². The molecular weight excluding hydrogens is 563 g/mol. The first kappa shape index (κ1) is 26.3. The van der Waals surface area contributed by atoms with Crippen LogP contribution in [0.15, 0.2) is 75.5 Å². The van der Waals surface area contributed by atoms with Crippen molar-refractivity contribution in [1.82, 2.24) is 10.2 Å². The van der Waals surface area contributed by atoms with Crippen LogP contribution in [0, 0.1) is 11.3 Å². The number of hydrogen-bond donors (Lipinski definition) is 2. The number of rotatable bonds is 6. The molecule has 1 unspecified atom stereocenters. The Morgan fingerprint density at radius 2 is 1.82 bits per heavy atom. The van der Waals surface area contributed by atoms with Crippen LogP contribution in [0.3, 0.4) is 0 Å². The summed E-state index contributed by atoms with van der Waals surface area (Å²) in [5, 5.41) is 23.0. The van der Waals surface area contributed by atoms with Gasteiger partial charge in [-0.2, -0.15) is 5.26 Å². The third-order valence-corrected chi connectivity index (χ3v) is 8.70. The van der Waals surface area contributed by atoms with Crippen LogP contribution in [0.4, 0.5) is 10.8 Å². The third-order valence-electron chi connectivity index (χ3n) is 6.16. The summed E-state index contributed by atoms with van der Waals surface area (Å²) in [7, 11) is 0. The Kier molecular flexibility index (Phi) is 7.72. The Balaban J connectivity index is 1.41. The number of Topliss-reactive ketones (excluding diaryl/α,β-unsaturated/α-hetero) is 1. The molecule has 0 spiro atoms. The molecule has 5 rings (SSSR count). The Morgan fingerprint density at radius 3 is 2.50 bits per heavy atom. The van der Waals surface area contributed by atoms with Crippen molar-refractivity contribution in [3.63, 3.8) is 0 Å². The zero-order valence-corrected chi connectivity index (χ0v) is 22.9. The van der Waals surface area contributed by atoms with E-state index in [0.29, 0.717) is 50.0 Å². The maximum Gasteiger partial charge on any atom is 0.234 e. The van der Waals surface area contributed by atoms with Gasteiger partial charge in [0.2, 0.25) is 11.0 Å². The molecule has 0 bridgehead atoms. The first-order valence-corrected chi connectivity index (χ1v) is 14.1. The minimum Gasteiger partial charge on any atom is -0.384 e. The van der Waals surface area contributed by atoms with E-state index in [1.165, 1.54) is 23.1 Å². The molecule has 0 saturated carbocycles. The van der Waals surface area contributed by atoms with Crippen LogP contribution in [0.5, 0.6) is 0 Å². The Labute approximate surface area is 237 Å². The van der Waals surface area contributed by atoms with Crippen molar-refractivity contribution < 1.29 is 9.59 Å². The second kappa shape index (κ2) is 11.2. The number of nitrogens with zero attached hydrogens (tertiary/aromatic N) is 4. The molecule has 1 aliphatic carbocycles. The summed E-state index contributed by atoms with van der Waals surface area (Å²) in [6.45, 7) is 0. The monoisotopic (exact) mass is 582 g/mol. The van der Waals surface area contributed by atoms with Gasteiger partial charge in [0, 0.05) is 33.4 Å². The number of anilines is 2. The minimum absolute atomic E-state index is 0.0190. The SMILES string of the molecule is N#CC1=C(N)N(c2nnc(SCC(=O)Nc3ccc(Cl)cc3)s2)C2=C(C(=O)CCC2)C1c1ccc(Cl)cc1. The highest BCUT2D eigenvalue weighted by molar-refractivity contribution is 8.01. The van der Waals surface area contributed by atoms with Crippen molar-refractivity contribution in [2.45, 2.75) is 29.5 Å². The summed E-state index contributed by atoms with van der Waals surface area (Å²) < 4.78 is 0.557. The molecule has 3 N–H and O–H groups in total. The molecular formula is C26H20Cl2N6O2S2. The third kappa shape index (κ3) is 5.28. The Bertz CT molecular complexity index is 1510. The van der Waals surface area contributed by atoms with E-state index >= 15 is 0 Å². The lowest BCUT2D eigenvalue weighted by atomic mass is 9.76. The van der Waals surface area contributed by atoms with Crippen molar-refractivity contribution in [3.05, 3.63) is 86.8 Å². The van der Waals surface area contributed by atoms with Crippen LogP contribution in [0.2, 0.25) is 10.0 Å². The van der Waals surface area contributed by atoms with Gasteiger partial charge < -0.3 is 11.1 Å². The van der Waals surface area contributed by atoms with Gasteiger partial charge in [-0.3, -0.25) is 14.5 Å². The molecule has 192 valence electrons. The predicted octanol–water partition coefficient (Wildman–Crippen LogP) is 5.88. The van der Waals surface area contributed by atoms with Gasteiger partial charge in [0.1, 0.15) is 5.82 Å². The summed E-state index contributed by atoms with van der Waals surface area (Å²) in [6, 6.07) is 16.2. The lowest BCUT2D eigenvalue weighted by Crippen LogP contribution is -2.38. The summed E-state index contributed by atoms with van der Waals surface area (Å²) in [4.78, 5) is 27.3. The van der Waals surface area contributed by atoms with Crippen LogP contribution in [0.1, 0.15) is 30.7 Å². The van der Waals surface area contributed by atoms with Crippen molar-refractivity contribution in [3.8, 4) is 6.07 Å². The minimum atomic E-state index is -0.574. The second-order valence-corrected chi connectivity index (χ2v) is 11.6. The Morgan fingerprint density at radius 1 is 1.13 bits per heavy atom. The highest BCUT2D eigenvalue weighted by atomic mass is 35.5. The zero-order valence-electron chi connectivity index (χ0n) is 19.8. The fraction of sp³-hybridized carbons (Fsp3) is 0.192. The normalized spacial score (nSPS) is 17.3. The number of allylic oxidation sites excluding steroid dienone is 3. The van der Waals surface area contributed by atoms with E-state index in [1.807, 2.05) is 12.1 Å². The van der Waals surface area contributed by atoms with E-state index in [4.69, 9.17) is 28.9 Å². The average molecular weight is 584 g/mol. The van der Waals surface area contributed by atoms with Gasteiger partial charge in [0.25, 0.3) is 0 Å². The molecule has 0 radical (unpaired) electrons. The van der Waals surface area contributed by atoms with Crippen molar-refractivity contribution in [2.24, 2.45) is 5.73 Å². The number of benzene rings is 2. The van der Waals surface area contributed by atoms with Gasteiger partial charge >= 0.3 is 0 Å². The van der Waals surface area contributed by atoms with Gasteiger partial charge in [-0.15, -0.1) is 10.2 Å². The molecule has 0 saturated heterocycles. The highest BCUT2D eigenvalue weighted by Gasteiger charge is 2.41. The highest BCUT2D eigenvalue weighted by Crippen LogP contribution is 2.47. The smallest absolute Gasteiger partial charge is 0.234 e. The molecule has 0 fully saturated rings. The number of hydrogen-bond acceptors (Lipinski definition) is 9. The van der Waals surface area contributed by atoms with E-state index < -0.39 is 5.92 Å². The topological polar surface area (TPSA) is 125 Å². The lowest BCUT2D eigenvalue weighted by molar-refractivity contribution is -0.116. The quantitative estimate of drug-likeness (QED) is 0.345. The number of ketones is 1. The van der Waals surface area contributed by atoms with Crippen molar-refractivity contribution in [2.75, 3.05) is 16.0 Å². The molecule has 2 aliphatic rings. The molecule has 2 aromatic carbocycles. The van der Waals surface area contributed by atoms with E-state index in [-0.39, 0.29) is 28.8 Å². The van der Waals surface area contributed by atoms with Gasteiger partial charge in [-0.25, -0.2) is 0 Å². The number of amides is 1. The van der Waals surface area contributed by atoms with Gasteiger partial charge in [0.15, 0.2) is 10.1 Å². The fourth-order valence-electron chi connectivity index (χ4n) is 4.50. The first-order chi connectivity index (χ1) is 18.4. The number of thioether (sulfide) groups is 1. The number of carbonyl (C=O) groups is 2. The zero-order chi connectivity index (χ0) is 26.8. The first-order valence-electron chi connectivity index (χ1n) is 11.6. The molecule has 1 atom stereocenters. The van der Waals surface area contributed by atoms with Gasteiger partial charge in [0.05, 0.1) is 23.3 Å². The standard InChI is InChI=1S/C26H20Cl2N6O2S2/c27-15-6-4-14(5-7-15)22-18(12-29)24(30)34(19-2-1-3-20(35)23(19)22)25-32-33-26(38-25)37-13-21(36)31-17-10-8-16(28)9-11-17/h4-11,22H,1-3,13,30H2,(H,31,36). The molecule has 1 aromatic heterocycles. The Hall–Kier alpha value is -3.36. The number of nitrogens with two attached hydrogens (primary N) is 1. The average Bonchev–Trinajstić information content (AvgIpc) is 3.37. The molecule has 12 heteroatoms. The maximum absolute atomic E-state index is 13.2. The molecule has 8 nitrogen and oxygen atoms in total. The molecule has 2 heterocycles. The number of nitrogens with one attached hydrogen (secondary N) is 1. The van der Waals surface area contributed by atoms with E-state index in [0.717, 1.165) is 11.3 Å². The van der Waals surface area contributed by atoms with E-state index in [1.54, 1.807) is 41.3 Å². The molecule has 1 aliphatic heterocycles. The van der Waals surface area contributed by atoms with Crippen molar-refractivity contribution >= 4 is 68.8 Å². The number of halogens is 2. The predicted molar refractivity (Wildman–Crippen MR) is 150 cm³/mol. The van der Waals surface area contributed by atoms with E-state index in [2.05, 4.69) is 21.6 Å². The molecule has 3 aromatic rings. The van der Waals surface area contributed by atoms with Crippen LogP contribution in [-0.4, -0.2) is 27.6 Å². The fourth-order valence-corrected chi connectivity index (χ4v) is 6.43. The summed E-state index contributed by atoms with van der Waals surface area (Å²) in [5.74, 6) is -0.457. The maximum atomic E-state index is 13.2. The van der Waals surface area contributed by atoms with Crippen LogP contribution in [-0.2, 0) is 9.59 Å². The summed E-state index contributed by atoms with van der Waals surface area (Å²) >= 11 is 14.4. The van der Waals surface area contributed by atoms with Gasteiger partial charge in [-0.05, 0) is 54.8 Å². The molecule has 38 heavy (non-hydrogen) atoms. The number of nitriles is 1. The largest absolute Gasteiger partial charge is 0.384 e. The van der Waals surface area contributed by atoms with Crippen molar-refractivity contribution in [1.29, 1.82) is 5.26 Å². The second-order valence-electron chi connectivity index (χ2n) is 8.56.